The van der Waals surface area contributed by atoms with Crippen molar-refractivity contribution in [2.75, 3.05) is 7.05 Å². The zero-order valence-electron chi connectivity index (χ0n) is 12.5. The van der Waals surface area contributed by atoms with Gasteiger partial charge in [-0.2, -0.15) is 0 Å². The molecular weight excluding hydrogens is 250 g/mol. The Balaban J connectivity index is 2.06. The first-order valence-corrected chi connectivity index (χ1v) is 7.56. The average molecular weight is 275 g/mol. The monoisotopic (exact) mass is 275 g/mol. The van der Waals surface area contributed by atoms with Crippen LogP contribution in [0.2, 0.25) is 0 Å². The Morgan fingerprint density at radius 3 is 2.55 bits per heavy atom. The highest BCUT2D eigenvalue weighted by Gasteiger charge is 2.25. The summed E-state index contributed by atoms with van der Waals surface area (Å²) in [5.41, 5.74) is 2.09. The molecule has 2 rings (SSSR count). The van der Waals surface area contributed by atoms with Gasteiger partial charge in [-0.3, -0.25) is 9.69 Å². The van der Waals surface area contributed by atoms with Gasteiger partial charge >= 0.3 is 5.97 Å². The van der Waals surface area contributed by atoms with E-state index in [9.17, 15) is 4.79 Å². The van der Waals surface area contributed by atoms with Crippen molar-refractivity contribution < 1.29 is 9.90 Å². The highest BCUT2D eigenvalue weighted by Crippen LogP contribution is 2.28. The first-order valence-electron chi connectivity index (χ1n) is 7.56. The van der Waals surface area contributed by atoms with Gasteiger partial charge in [-0.25, -0.2) is 0 Å². The molecule has 0 saturated heterocycles. The summed E-state index contributed by atoms with van der Waals surface area (Å²) in [5, 5.41) is 9.00. The minimum atomic E-state index is -0.758. The van der Waals surface area contributed by atoms with Crippen LogP contribution in [0.5, 0.6) is 0 Å². The van der Waals surface area contributed by atoms with E-state index in [1.54, 1.807) is 0 Å². The Morgan fingerprint density at radius 2 is 1.90 bits per heavy atom. The SMILES string of the molecule is CC1CCCCC1N(C)Cc1ccccc1CC(=O)O. The third kappa shape index (κ3) is 3.83. The molecule has 1 aliphatic rings. The second-order valence-electron chi connectivity index (χ2n) is 6.08. The lowest BCUT2D eigenvalue weighted by molar-refractivity contribution is -0.136. The maximum atomic E-state index is 10.9. The third-order valence-electron chi connectivity index (χ3n) is 4.51. The van der Waals surface area contributed by atoms with Crippen molar-refractivity contribution >= 4 is 5.97 Å². The predicted molar refractivity (Wildman–Crippen MR) is 80.7 cm³/mol. The molecule has 0 amide bonds. The van der Waals surface area contributed by atoms with Gasteiger partial charge in [0.05, 0.1) is 6.42 Å². The van der Waals surface area contributed by atoms with Gasteiger partial charge in [0.1, 0.15) is 0 Å². The molecule has 0 aromatic heterocycles. The van der Waals surface area contributed by atoms with Crippen molar-refractivity contribution in [2.45, 2.75) is 51.6 Å². The fourth-order valence-corrected chi connectivity index (χ4v) is 3.38. The van der Waals surface area contributed by atoms with Crippen molar-refractivity contribution in [1.82, 2.24) is 4.90 Å². The fraction of sp³-hybridized carbons (Fsp3) is 0.588. The molecule has 2 atom stereocenters. The molecule has 20 heavy (non-hydrogen) atoms. The van der Waals surface area contributed by atoms with Crippen LogP contribution in [-0.4, -0.2) is 29.1 Å². The summed E-state index contributed by atoms with van der Waals surface area (Å²) in [4.78, 5) is 13.4. The molecule has 1 saturated carbocycles. The molecule has 1 aliphatic carbocycles. The van der Waals surface area contributed by atoms with Gasteiger partial charge < -0.3 is 5.11 Å². The molecule has 0 bridgehead atoms. The summed E-state index contributed by atoms with van der Waals surface area (Å²) >= 11 is 0. The fourth-order valence-electron chi connectivity index (χ4n) is 3.38. The number of benzene rings is 1. The quantitative estimate of drug-likeness (QED) is 0.896. The maximum absolute atomic E-state index is 10.9. The van der Waals surface area contributed by atoms with E-state index in [4.69, 9.17) is 5.11 Å². The van der Waals surface area contributed by atoms with Gasteiger partial charge in [0.2, 0.25) is 0 Å². The molecule has 0 radical (unpaired) electrons. The standard InChI is InChI=1S/C17H25NO2/c1-13-7-3-6-10-16(13)18(2)12-15-9-5-4-8-14(15)11-17(19)20/h4-5,8-9,13,16H,3,6-7,10-12H2,1-2H3,(H,19,20). The Kier molecular flexibility index (Phi) is 5.18. The van der Waals surface area contributed by atoms with Crippen LogP contribution >= 0.6 is 0 Å². The highest BCUT2D eigenvalue weighted by atomic mass is 16.4. The Morgan fingerprint density at radius 1 is 1.25 bits per heavy atom. The highest BCUT2D eigenvalue weighted by molar-refractivity contribution is 5.70. The van der Waals surface area contributed by atoms with Crippen LogP contribution in [0.15, 0.2) is 24.3 Å². The molecule has 1 fully saturated rings. The van der Waals surface area contributed by atoms with Crippen LogP contribution in [0.1, 0.15) is 43.7 Å². The molecule has 2 unspecified atom stereocenters. The number of rotatable bonds is 5. The van der Waals surface area contributed by atoms with E-state index in [1.165, 1.54) is 25.7 Å². The molecule has 0 spiro atoms. The largest absolute Gasteiger partial charge is 0.481 e. The summed E-state index contributed by atoms with van der Waals surface area (Å²) in [6.45, 7) is 3.18. The van der Waals surface area contributed by atoms with Crippen molar-refractivity contribution in [3.63, 3.8) is 0 Å². The lowest BCUT2D eigenvalue weighted by Gasteiger charge is -2.36. The van der Waals surface area contributed by atoms with Gasteiger partial charge in [-0.1, -0.05) is 44.0 Å². The Labute approximate surface area is 121 Å². The number of aliphatic carboxylic acids is 1. The van der Waals surface area contributed by atoms with E-state index in [0.29, 0.717) is 6.04 Å². The number of nitrogens with zero attached hydrogens (tertiary/aromatic N) is 1. The van der Waals surface area contributed by atoms with Gasteiger partial charge in [0.25, 0.3) is 0 Å². The van der Waals surface area contributed by atoms with E-state index in [2.05, 4.69) is 24.9 Å². The van der Waals surface area contributed by atoms with Crippen molar-refractivity contribution in [1.29, 1.82) is 0 Å². The summed E-state index contributed by atoms with van der Waals surface area (Å²) in [6, 6.07) is 8.54. The van der Waals surface area contributed by atoms with Crippen LogP contribution in [-0.2, 0) is 17.8 Å². The van der Waals surface area contributed by atoms with Crippen LogP contribution in [0.3, 0.4) is 0 Å². The topological polar surface area (TPSA) is 40.5 Å². The van der Waals surface area contributed by atoms with Crippen molar-refractivity contribution in [3.05, 3.63) is 35.4 Å². The second-order valence-corrected chi connectivity index (χ2v) is 6.08. The molecule has 1 aromatic rings. The maximum Gasteiger partial charge on any atom is 0.307 e. The van der Waals surface area contributed by atoms with Crippen LogP contribution in [0.25, 0.3) is 0 Å². The average Bonchev–Trinajstić information content (AvgIpc) is 2.41. The van der Waals surface area contributed by atoms with E-state index < -0.39 is 5.97 Å². The molecule has 110 valence electrons. The molecule has 0 aliphatic heterocycles. The molecule has 1 aromatic carbocycles. The normalized spacial score (nSPS) is 22.9. The van der Waals surface area contributed by atoms with Crippen LogP contribution < -0.4 is 0 Å². The summed E-state index contributed by atoms with van der Waals surface area (Å²) in [5.74, 6) is -0.0217. The minimum absolute atomic E-state index is 0.115. The number of carboxylic acids is 1. The Hall–Kier alpha value is -1.35. The first kappa shape index (κ1) is 15.0. The minimum Gasteiger partial charge on any atom is -0.481 e. The van der Waals surface area contributed by atoms with Gasteiger partial charge in [-0.15, -0.1) is 0 Å². The second kappa shape index (κ2) is 6.89. The third-order valence-corrected chi connectivity index (χ3v) is 4.51. The smallest absolute Gasteiger partial charge is 0.307 e. The number of hydrogen-bond donors (Lipinski definition) is 1. The van der Waals surface area contributed by atoms with Crippen molar-refractivity contribution in [3.8, 4) is 0 Å². The van der Waals surface area contributed by atoms with Gasteiger partial charge in [0, 0.05) is 12.6 Å². The van der Waals surface area contributed by atoms with Crippen molar-refractivity contribution in [2.24, 2.45) is 5.92 Å². The molecule has 0 heterocycles. The molecular formula is C17H25NO2. The lowest BCUT2D eigenvalue weighted by Crippen LogP contribution is -2.38. The number of carboxylic acid groups (broad SMARTS) is 1. The van der Waals surface area contributed by atoms with E-state index in [0.717, 1.165) is 23.6 Å². The predicted octanol–water partition coefficient (Wildman–Crippen LogP) is 3.32. The molecule has 3 nitrogen and oxygen atoms in total. The molecule has 3 heteroatoms. The zero-order valence-corrected chi connectivity index (χ0v) is 12.5. The van der Waals surface area contributed by atoms with E-state index in [1.807, 2.05) is 18.2 Å². The van der Waals surface area contributed by atoms with Crippen LogP contribution in [0, 0.1) is 5.92 Å². The summed E-state index contributed by atoms with van der Waals surface area (Å²) in [7, 11) is 2.17. The number of hydrogen-bond acceptors (Lipinski definition) is 2. The summed E-state index contributed by atoms with van der Waals surface area (Å²) in [6.07, 6.45) is 5.35. The Bertz CT molecular complexity index is 458. The van der Waals surface area contributed by atoms with Gasteiger partial charge in [0.15, 0.2) is 0 Å². The van der Waals surface area contributed by atoms with Crippen LogP contribution in [0.4, 0.5) is 0 Å². The zero-order chi connectivity index (χ0) is 14.5. The number of carbonyl (C=O) groups is 1. The lowest BCUT2D eigenvalue weighted by atomic mass is 9.85. The van der Waals surface area contributed by atoms with Gasteiger partial charge in [-0.05, 0) is 36.9 Å². The summed E-state index contributed by atoms with van der Waals surface area (Å²) < 4.78 is 0. The van der Waals surface area contributed by atoms with E-state index in [-0.39, 0.29) is 6.42 Å². The first-order chi connectivity index (χ1) is 9.58. The molecule has 1 N–H and O–H groups in total. The van der Waals surface area contributed by atoms with E-state index >= 15 is 0 Å².